The molecule has 0 saturated heterocycles. The predicted molar refractivity (Wildman–Crippen MR) is 61.7 cm³/mol. The molecule has 0 aromatic carbocycles. The van der Waals surface area contributed by atoms with E-state index in [0.717, 1.165) is 4.47 Å². The lowest BCUT2D eigenvalue weighted by Crippen LogP contribution is -2.48. The summed E-state index contributed by atoms with van der Waals surface area (Å²) in [5, 5.41) is 11.9. The fourth-order valence-electron chi connectivity index (χ4n) is 1.08. The van der Waals surface area contributed by atoms with Crippen LogP contribution >= 0.6 is 15.9 Å². The van der Waals surface area contributed by atoms with Gasteiger partial charge < -0.3 is 15.4 Å². The van der Waals surface area contributed by atoms with Gasteiger partial charge in [-0.2, -0.15) is 0 Å². The van der Waals surface area contributed by atoms with Gasteiger partial charge in [-0.15, -0.1) is 0 Å². The number of halogens is 1. The second kappa shape index (κ2) is 4.81. The van der Waals surface area contributed by atoms with Crippen LogP contribution in [0.1, 0.15) is 30.8 Å². The molecule has 0 aliphatic rings. The fraction of sp³-hybridized carbons (Fsp3) is 0.500. The van der Waals surface area contributed by atoms with Crippen LogP contribution in [0.3, 0.4) is 0 Å². The molecule has 1 aromatic heterocycles. The Kier molecular flexibility index (Phi) is 3.93. The molecule has 1 aromatic rings. The van der Waals surface area contributed by atoms with Gasteiger partial charge in [-0.1, -0.05) is 6.92 Å². The first kappa shape index (κ1) is 12.3. The van der Waals surface area contributed by atoms with Crippen molar-refractivity contribution in [3.63, 3.8) is 0 Å². The van der Waals surface area contributed by atoms with Crippen LogP contribution in [-0.2, 0) is 0 Å². The number of carbonyl (C=O) groups excluding carboxylic acids is 1. The number of H-pyrrole nitrogens is 1. The van der Waals surface area contributed by atoms with Crippen molar-refractivity contribution in [2.45, 2.75) is 25.8 Å². The van der Waals surface area contributed by atoms with Crippen LogP contribution in [0.2, 0.25) is 0 Å². The molecular formula is C10H15BrN2O2. The predicted octanol–water partition coefficient (Wildman–Crippen LogP) is 1.67. The maximum absolute atomic E-state index is 11.7. The number of hydrogen-bond donors (Lipinski definition) is 3. The third kappa shape index (κ3) is 3.07. The van der Waals surface area contributed by atoms with E-state index in [4.69, 9.17) is 5.11 Å². The Bertz CT molecular complexity index is 345. The normalized spacial score (nSPS) is 14.7. The van der Waals surface area contributed by atoms with Crippen molar-refractivity contribution in [2.24, 2.45) is 0 Å². The highest BCUT2D eigenvalue weighted by Crippen LogP contribution is 2.13. The van der Waals surface area contributed by atoms with Crippen molar-refractivity contribution < 1.29 is 9.90 Å². The average Bonchev–Trinajstić information content (AvgIpc) is 2.65. The molecule has 0 fully saturated rings. The van der Waals surface area contributed by atoms with Crippen molar-refractivity contribution in [3.05, 3.63) is 22.4 Å². The molecule has 15 heavy (non-hydrogen) atoms. The summed E-state index contributed by atoms with van der Waals surface area (Å²) in [6.45, 7) is 3.65. The first-order chi connectivity index (χ1) is 7.00. The van der Waals surface area contributed by atoms with E-state index in [-0.39, 0.29) is 12.5 Å². The first-order valence-electron chi connectivity index (χ1n) is 4.78. The molecule has 1 heterocycles. The quantitative estimate of drug-likeness (QED) is 0.782. The van der Waals surface area contributed by atoms with Crippen LogP contribution in [0.15, 0.2) is 16.7 Å². The Balaban J connectivity index is 2.71. The average molecular weight is 275 g/mol. The van der Waals surface area contributed by atoms with E-state index < -0.39 is 5.54 Å². The lowest BCUT2D eigenvalue weighted by molar-refractivity contribution is 0.0843. The minimum atomic E-state index is -0.561. The molecule has 4 nitrogen and oxygen atoms in total. The Hall–Kier alpha value is -0.810. The van der Waals surface area contributed by atoms with E-state index in [1.54, 1.807) is 12.3 Å². The monoisotopic (exact) mass is 274 g/mol. The van der Waals surface area contributed by atoms with Crippen LogP contribution < -0.4 is 5.32 Å². The van der Waals surface area contributed by atoms with Gasteiger partial charge in [0, 0.05) is 10.7 Å². The molecule has 1 unspecified atom stereocenters. The Morgan fingerprint density at radius 3 is 2.80 bits per heavy atom. The lowest BCUT2D eigenvalue weighted by atomic mass is 10.0. The van der Waals surface area contributed by atoms with E-state index in [2.05, 4.69) is 26.2 Å². The maximum atomic E-state index is 11.7. The number of aliphatic hydroxyl groups excluding tert-OH is 1. The van der Waals surface area contributed by atoms with E-state index in [1.807, 2.05) is 13.8 Å². The SMILES string of the molecule is CCC(C)(CO)NC(=O)c1cc(Br)c[nH]1. The zero-order chi connectivity index (χ0) is 11.5. The van der Waals surface area contributed by atoms with Crippen molar-refractivity contribution in [3.8, 4) is 0 Å². The summed E-state index contributed by atoms with van der Waals surface area (Å²) in [5.74, 6) is -0.209. The summed E-state index contributed by atoms with van der Waals surface area (Å²) in [6.07, 6.45) is 2.37. The van der Waals surface area contributed by atoms with E-state index in [9.17, 15) is 4.79 Å². The summed E-state index contributed by atoms with van der Waals surface area (Å²) < 4.78 is 0.829. The van der Waals surface area contributed by atoms with Gasteiger partial charge >= 0.3 is 0 Å². The van der Waals surface area contributed by atoms with E-state index >= 15 is 0 Å². The molecule has 0 aliphatic carbocycles. The van der Waals surface area contributed by atoms with Gasteiger partial charge in [0.05, 0.1) is 12.1 Å². The molecule has 5 heteroatoms. The van der Waals surface area contributed by atoms with Crippen molar-refractivity contribution >= 4 is 21.8 Å². The molecule has 1 atom stereocenters. The number of nitrogens with one attached hydrogen (secondary N) is 2. The molecule has 0 saturated carbocycles. The van der Waals surface area contributed by atoms with Crippen LogP contribution in [0, 0.1) is 0 Å². The van der Waals surface area contributed by atoms with Gasteiger partial charge in [0.25, 0.3) is 5.91 Å². The third-order valence-electron chi connectivity index (χ3n) is 2.44. The Labute approximate surface area is 97.2 Å². The van der Waals surface area contributed by atoms with Gasteiger partial charge in [0.15, 0.2) is 0 Å². The number of amides is 1. The van der Waals surface area contributed by atoms with Crippen molar-refractivity contribution in [2.75, 3.05) is 6.61 Å². The highest BCUT2D eigenvalue weighted by Gasteiger charge is 2.24. The number of aromatic nitrogens is 1. The summed E-state index contributed by atoms with van der Waals surface area (Å²) in [5.41, 5.74) is -0.0794. The molecule has 0 radical (unpaired) electrons. The van der Waals surface area contributed by atoms with Crippen molar-refractivity contribution in [1.29, 1.82) is 0 Å². The largest absolute Gasteiger partial charge is 0.394 e. The molecule has 0 bridgehead atoms. The van der Waals surface area contributed by atoms with Gasteiger partial charge in [0.2, 0.25) is 0 Å². The van der Waals surface area contributed by atoms with Gasteiger partial charge in [-0.05, 0) is 35.3 Å². The number of aromatic amines is 1. The smallest absolute Gasteiger partial charge is 0.268 e. The van der Waals surface area contributed by atoms with Crippen LogP contribution in [0.5, 0.6) is 0 Å². The zero-order valence-corrected chi connectivity index (χ0v) is 10.4. The van der Waals surface area contributed by atoms with Crippen LogP contribution in [0.4, 0.5) is 0 Å². The Morgan fingerprint density at radius 1 is 1.73 bits per heavy atom. The third-order valence-corrected chi connectivity index (χ3v) is 2.89. The summed E-state index contributed by atoms with van der Waals surface area (Å²) in [6, 6.07) is 1.70. The van der Waals surface area contributed by atoms with Gasteiger partial charge in [-0.3, -0.25) is 4.79 Å². The van der Waals surface area contributed by atoms with Crippen molar-refractivity contribution in [1.82, 2.24) is 10.3 Å². The maximum Gasteiger partial charge on any atom is 0.268 e. The zero-order valence-electron chi connectivity index (χ0n) is 8.80. The molecular weight excluding hydrogens is 260 g/mol. The summed E-state index contributed by atoms with van der Waals surface area (Å²) >= 11 is 3.25. The molecule has 0 spiro atoms. The second-order valence-electron chi connectivity index (χ2n) is 3.76. The van der Waals surface area contributed by atoms with Crippen LogP contribution in [0.25, 0.3) is 0 Å². The molecule has 84 valence electrons. The van der Waals surface area contributed by atoms with Gasteiger partial charge in [-0.25, -0.2) is 0 Å². The minimum absolute atomic E-state index is 0.0723. The van der Waals surface area contributed by atoms with Gasteiger partial charge in [0.1, 0.15) is 5.69 Å². The number of carbonyl (C=O) groups is 1. The number of rotatable bonds is 4. The molecule has 3 N–H and O–H groups in total. The molecule has 0 aliphatic heterocycles. The van der Waals surface area contributed by atoms with Crippen LogP contribution in [-0.4, -0.2) is 28.1 Å². The highest BCUT2D eigenvalue weighted by atomic mass is 79.9. The Morgan fingerprint density at radius 2 is 2.40 bits per heavy atom. The second-order valence-corrected chi connectivity index (χ2v) is 4.67. The summed E-state index contributed by atoms with van der Waals surface area (Å²) in [4.78, 5) is 14.6. The number of aliphatic hydroxyl groups is 1. The first-order valence-corrected chi connectivity index (χ1v) is 5.57. The highest BCUT2D eigenvalue weighted by molar-refractivity contribution is 9.10. The number of hydrogen-bond acceptors (Lipinski definition) is 2. The minimum Gasteiger partial charge on any atom is -0.394 e. The lowest BCUT2D eigenvalue weighted by Gasteiger charge is -2.26. The molecule has 1 amide bonds. The van der Waals surface area contributed by atoms with E-state index in [1.165, 1.54) is 0 Å². The topological polar surface area (TPSA) is 65.1 Å². The summed E-state index contributed by atoms with van der Waals surface area (Å²) in [7, 11) is 0. The standard InChI is InChI=1S/C10H15BrN2O2/c1-3-10(2,6-14)13-9(15)8-4-7(11)5-12-8/h4-5,12,14H,3,6H2,1-2H3,(H,13,15). The molecule has 1 rings (SSSR count). The fourth-order valence-corrected chi connectivity index (χ4v) is 1.42. The van der Waals surface area contributed by atoms with E-state index in [0.29, 0.717) is 12.1 Å².